The molecule has 0 spiro atoms. The van der Waals surface area contributed by atoms with Crippen LogP contribution in [0.15, 0.2) is 59.7 Å². The van der Waals surface area contributed by atoms with Gasteiger partial charge in [-0.3, -0.25) is 14.0 Å². The number of nitrogens with zero attached hydrogens (tertiary/aromatic N) is 3. The average molecular weight is 615 g/mol. The Kier molecular flexibility index (Phi) is 15.8. The van der Waals surface area contributed by atoms with Crippen LogP contribution >= 0.6 is 23.2 Å². The van der Waals surface area contributed by atoms with Crippen molar-refractivity contribution in [1.29, 1.82) is 0 Å². The number of hydrogen-bond donors (Lipinski definition) is 2. The number of morpholine rings is 1. The van der Waals surface area contributed by atoms with E-state index in [0.29, 0.717) is 29.6 Å². The van der Waals surface area contributed by atoms with Gasteiger partial charge in [-0.05, 0) is 57.0 Å². The van der Waals surface area contributed by atoms with Gasteiger partial charge < -0.3 is 15.5 Å². The minimum absolute atomic E-state index is 0.158. The summed E-state index contributed by atoms with van der Waals surface area (Å²) in [5.74, 6) is 11.8. The molecule has 1 aliphatic rings. The normalized spacial score (nSPS) is 19.0. The van der Waals surface area contributed by atoms with Crippen LogP contribution in [0.25, 0.3) is 0 Å². The Bertz CT molecular complexity index is 1080. The molecule has 3 rings (SSSR count). The predicted molar refractivity (Wildman–Crippen MR) is 169 cm³/mol. The van der Waals surface area contributed by atoms with Crippen molar-refractivity contribution in [1.82, 2.24) is 9.91 Å². The number of carbonyl (C=O) groups is 1. The highest BCUT2D eigenvalue weighted by Gasteiger charge is 2.42. The molecule has 11 heteroatoms. The van der Waals surface area contributed by atoms with Gasteiger partial charge in [-0.25, -0.2) is 5.84 Å². The third kappa shape index (κ3) is 11.0. The summed E-state index contributed by atoms with van der Waals surface area (Å²) in [7, 11) is 0.488. The lowest BCUT2D eigenvalue weighted by Gasteiger charge is -2.44. The molecule has 1 heterocycles. The van der Waals surface area contributed by atoms with Crippen LogP contribution in [0.3, 0.4) is 0 Å². The highest BCUT2D eigenvalue weighted by atomic mass is 35.5. The molecule has 0 aliphatic carbocycles. The number of amides is 1. The minimum Gasteiger partial charge on any atom is -0.365 e. The molecule has 0 radical (unpaired) electrons. The van der Waals surface area contributed by atoms with E-state index in [1.165, 1.54) is 5.01 Å². The molecule has 1 fully saturated rings. The first-order valence-corrected chi connectivity index (χ1v) is 15.5. The fourth-order valence-electron chi connectivity index (χ4n) is 3.89. The zero-order valence-corrected chi connectivity index (χ0v) is 27.0. The summed E-state index contributed by atoms with van der Waals surface area (Å²) in [4.78, 5) is 15.4. The van der Waals surface area contributed by atoms with Crippen LogP contribution < -0.4 is 11.7 Å². The summed E-state index contributed by atoms with van der Waals surface area (Å²) in [5.41, 5.74) is 0.917. The summed E-state index contributed by atoms with van der Waals surface area (Å²) >= 11 is 11.6. The first-order chi connectivity index (χ1) is 18.9. The van der Waals surface area contributed by atoms with Crippen LogP contribution in [-0.2, 0) is 20.3 Å². The van der Waals surface area contributed by atoms with Gasteiger partial charge in [-0.1, -0.05) is 74.3 Å². The average Bonchev–Trinajstić information content (AvgIpc) is 2.92. The van der Waals surface area contributed by atoms with Gasteiger partial charge in [0.2, 0.25) is 0 Å². The number of hydrogen-bond acceptors (Lipinski definition) is 6. The van der Waals surface area contributed by atoms with E-state index in [1.807, 2.05) is 88.9 Å². The molecule has 0 bridgehead atoms. The second-order valence-electron chi connectivity index (χ2n) is 9.98. The molecule has 8 nitrogen and oxygen atoms in total. The Morgan fingerprint density at radius 3 is 2.10 bits per heavy atom. The molecular formula is C29H45Cl2N5O3S. The van der Waals surface area contributed by atoms with E-state index in [2.05, 4.69) is 5.10 Å². The van der Waals surface area contributed by atoms with Crippen molar-refractivity contribution in [2.45, 2.75) is 77.3 Å². The molecular weight excluding hydrogens is 569 g/mol. The lowest BCUT2D eigenvalue weighted by Crippen LogP contribution is -2.56. The van der Waals surface area contributed by atoms with Crippen LogP contribution in [-0.4, -0.2) is 62.2 Å². The zero-order valence-electron chi connectivity index (χ0n) is 24.6. The largest absolute Gasteiger partial charge is 0.365 e. The molecule has 224 valence electrons. The van der Waals surface area contributed by atoms with Gasteiger partial charge in [0.1, 0.15) is 11.9 Å². The molecule has 0 aromatic heterocycles. The Morgan fingerprint density at radius 1 is 1.12 bits per heavy atom. The smallest absolute Gasteiger partial charge is 0.253 e. The lowest BCUT2D eigenvalue weighted by atomic mass is 9.99. The number of hydrazine groups is 1. The molecule has 0 saturated carbocycles. The summed E-state index contributed by atoms with van der Waals surface area (Å²) < 4.78 is 18.5. The van der Waals surface area contributed by atoms with Crippen LogP contribution in [0.4, 0.5) is 0 Å². The Morgan fingerprint density at radius 2 is 1.68 bits per heavy atom. The Balaban J connectivity index is 0.000000759. The van der Waals surface area contributed by atoms with E-state index >= 15 is 0 Å². The van der Waals surface area contributed by atoms with Crippen molar-refractivity contribution in [3.8, 4) is 0 Å². The van der Waals surface area contributed by atoms with Crippen LogP contribution in [0.2, 0.25) is 10.0 Å². The summed E-state index contributed by atoms with van der Waals surface area (Å²) in [5, 5.41) is 6.36. The third-order valence-corrected chi connectivity index (χ3v) is 8.68. The number of ether oxygens (including phenoxy) is 1. The summed E-state index contributed by atoms with van der Waals surface area (Å²) in [6.45, 7) is 12.1. The van der Waals surface area contributed by atoms with Crippen molar-refractivity contribution in [2.24, 2.45) is 16.8 Å². The summed E-state index contributed by atoms with van der Waals surface area (Å²) in [6, 6.07) is 16.3. The number of amidine groups is 1. The third-order valence-electron chi connectivity index (χ3n) is 6.12. The van der Waals surface area contributed by atoms with Crippen molar-refractivity contribution < 1.29 is 13.7 Å². The van der Waals surface area contributed by atoms with E-state index in [0.717, 1.165) is 10.6 Å². The molecule has 4 N–H and O–H groups in total. The van der Waals surface area contributed by atoms with Crippen LogP contribution in [0.5, 0.6) is 0 Å². The van der Waals surface area contributed by atoms with Gasteiger partial charge in [0.15, 0.2) is 0 Å². The number of halogens is 2. The van der Waals surface area contributed by atoms with Crippen molar-refractivity contribution >= 4 is 45.7 Å². The molecule has 1 saturated heterocycles. The maximum Gasteiger partial charge on any atom is 0.253 e. The van der Waals surface area contributed by atoms with Gasteiger partial charge >= 0.3 is 0 Å². The van der Waals surface area contributed by atoms with Gasteiger partial charge in [-0.15, -0.1) is 0 Å². The van der Waals surface area contributed by atoms with Crippen LogP contribution in [0, 0.1) is 0 Å². The SMILES string of the molecule is CC.CCC(CS(=O)C(C)(C)C)N1C(=O)C(C/C(=N/N)N(C)N)OCC1c1ccc(Cl)cc1.Clc1ccccc1. The van der Waals surface area contributed by atoms with E-state index in [4.69, 9.17) is 39.6 Å². The van der Waals surface area contributed by atoms with E-state index in [-0.39, 0.29) is 29.2 Å². The highest BCUT2D eigenvalue weighted by Crippen LogP contribution is 2.33. The van der Waals surface area contributed by atoms with E-state index < -0.39 is 16.9 Å². The number of nitrogens with two attached hydrogens (primary N) is 2. The number of benzene rings is 2. The topological polar surface area (TPSA) is 114 Å². The van der Waals surface area contributed by atoms with Gasteiger partial charge in [-0.2, -0.15) is 5.10 Å². The second-order valence-corrected chi connectivity index (χ2v) is 13.1. The van der Waals surface area contributed by atoms with Gasteiger partial charge in [0.25, 0.3) is 5.91 Å². The van der Waals surface area contributed by atoms with Crippen molar-refractivity contribution in [3.63, 3.8) is 0 Å². The van der Waals surface area contributed by atoms with E-state index in [1.54, 1.807) is 19.2 Å². The molecule has 1 amide bonds. The maximum absolute atomic E-state index is 13.6. The Hall–Kier alpha value is -2.17. The fraction of sp³-hybridized carbons (Fsp3) is 0.517. The molecule has 1 aliphatic heterocycles. The van der Waals surface area contributed by atoms with Gasteiger partial charge in [0.05, 0.1) is 12.6 Å². The highest BCUT2D eigenvalue weighted by molar-refractivity contribution is 7.86. The first-order valence-electron chi connectivity index (χ1n) is 13.4. The zero-order chi connectivity index (χ0) is 30.5. The maximum atomic E-state index is 13.6. The molecule has 2 aromatic rings. The molecule has 2 aromatic carbocycles. The predicted octanol–water partition coefficient (Wildman–Crippen LogP) is 5.77. The quantitative estimate of drug-likeness (QED) is 0.177. The van der Waals surface area contributed by atoms with Crippen molar-refractivity contribution in [2.75, 3.05) is 19.4 Å². The van der Waals surface area contributed by atoms with Gasteiger partial charge in [0, 0.05) is 50.9 Å². The molecule has 40 heavy (non-hydrogen) atoms. The number of carbonyl (C=O) groups excluding carboxylic acids is 1. The van der Waals surface area contributed by atoms with E-state index in [9.17, 15) is 9.00 Å². The standard InChI is InChI=1S/C21H34ClN5O3S.C6H5Cl.C2H6/c1-6-16(13-31(29)21(2,3)4)27-17(14-7-9-15(22)10-8-14)12-30-18(20(27)28)11-19(25-23)26(5)24;7-6-4-2-1-3-5-6;1-2/h7-10,16-18H,6,11-13,23-24H2,1-5H3;1-5H;1-2H3/b25-19-;;. The van der Waals surface area contributed by atoms with Crippen molar-refractivity contribution in [3.05, 3.63) is 70.2 Å². The fourth-order valence-corrected chi connectivity index (χ4v) is 5.41. The monoisotopic (exact) mass is 613 g/mol. The number of hydrazone groups is 1. The minimum atomic E-state index is -1.12. The lowest BCUT2D eigenvalue weighted by molar-refractivity contribution is -0.163. The molecule has 4 unspecified atom stereocenters. The van der Waals surface area contributed by atoms with Crippen LogP contribution in [0.1, 0.15) is 66.0 Å². The Labute approximate surface area is 252 Å². The molecule has 4 atom stereocenters. The second kappa shape index (κ2) is 17.6. The summed E-state index contributed by atoms with van der Waals surface area (Å²) in [6.07, 6.45) is 0.0539. The first kappa shape index (κ1) is 35.9. The number of rotatable bonds is 7.